The van der Waals surface area contributed by atoms with Gasteiger partial charge in [-0.05, 0) is 35.7 Å². The van der Waals surface area contributed by atoms with Crippen molar-refractivity contribution in [1.82, 2.24) is 9.38 Å². The quantitative estimate of drug-likeness (QED) is 0.425. The van der Waals surface area contributed by atoms with Crippen molar-refractivity contribution in [3.05, 3.63) is 66.7 Å². The van der Waals surface area contributed by atoms with Crippen molar-refractivity contribution in [2.45, 2.75) is 0 Å². The smallest absolute Gasteiger partial charge is 0.146 e. The Balaban J connectivity index is 2.23. The maximum absolute atomic E-state index is 9.90. The van der Waals surface area contributed by atoms with Crippen LogP contribution in [0.25, 0.3) is 38.4 Å². The highest BCUT2D eigenvalue weighted by molar-refractivity contribution is 6.14. The standard InChI is InChI=1S/C19H12N2O/c22-12-9-10-17-15(11-12)13-5-1-2-6-14(13)19-20-16-7-3-4-8-18(16)21(17)19/h1-11,22H. The van der Waals surface area contributed by atoms with E-state index in [9.17, 15) is 5.11 Å². The molecule has 5 aromatic rings. The number of aromatic nitrogens is 2. The van der Waals surface area contributed by atoms with Crippen LogP contribution in [0.1, 0.15) is 0 Å². The highest BCUT2D eigenvalue weighted by atomic mass is 16.3. The van der Waals surface area contributed by atoms with E-state index in [1.54, 1.807) is 6.07 Å². The summed E-state index contributed by atoms with van der Waals surface area (Å²) in [7, 11) is 0. The van der Waals surface area contributed by atoms with Gasteiger partial charge in [0.25, 0.3) is 0 Å². The number of phenols is 1. The largest absolute Gasteiger partial charge is 0.508 e. The van der Waals surface area contributed by atoms with Crippen LogP contribution in [0.2, 0.25) is 0 Å². The number of fused-ring (bicyclic) bond motifs is 8. The minimum Gasteiger partial charge on any atom is -0.508 e. The number of para-hydroxylation sites is 2. The number of pyridine rings is 1. The van der Waals surface area contributed by atoms with Crippen LogP contribution in [-0.4, -0.2) is 14.5 Å². The molecule has 0 amide bonds. The van der Waals surface area contributed by atoms with Crippen molar-refractivity contribution < 1.29 is 5.11 Å². The van der Waals surface area contributed by atoms with Gasteiger partial charge in [0.1, 0.15) is 11.4 Å². The molecule has 3 heteroatoms. The zero-order chi connectivity index (χ0) is 14.7. The molecule has 1 N–H and O–H groups in total. The molecule has 5 rings (SSSR count). The number of hydrogen-bond donors (Lipinski definition) is 1. The fraction of sp³-hybridized carbons (Fsp3) is 0. The van der Waals surface area contributed by atoms with Gasteiger partial charge in [-0.25, -0.2) is 4.98 Å². The molecular formula is C19H12N2O. The van der Waals surface area contributed by atoms with Crippen LogP contribution >= 0.6 is 0 Å². The van der Waals surface area contributed by atoms with Gasteiger partial charge in [-0.2, -0.15) is 0 Å². The second-order valence-electron chi connectivity index (χ2n) is 5.51. The van der Waals surface area contributed by atoms with Crippen molar-refractivity contribution in [2.24, 2.45) is 0 Å². The van der Waals surface area contributed by atoms with Gasteiger partial charge < -0.3 is 5.11 Å². The average molecular weight is 284 g/mol. The molecule has 0 radical (unpaired) electrons. The number of benzene rings is 3. The SMILES string of the molecule is Oc1ccc2c(c1)c1ccccc1c1nc3ccccc3n21. The number of nitrogens with zero attached hydrogens (tertiary/aromatic N) is 2. The first-order valence-electron chi connectivity index (χ1n) is 7.23. The monoisotopic (exact) mass is 284 g/mol. The first kappa shape index (κ1) is 11.6. The van der Waals surface area contributed by atoms with E-state index < -0.39 is 0 Å². The second kappa shape index (κ2) is 3.98. The molecule has 0 aliphatic rings. The van der Waals surface area contributed by atoms with E-state index in [4.69, 9.17) is 4.98 Å². The Morgan fingerprint density at radius 1 is 0.727 bits per heavy atom. The van der Waals surface area contributed by atoms with Gasteiger partial charge >= 0.3 is 0 Å². The fourth-order valence-corrected chi connectivity index (χ4v) is 3.30. The highest BCUT2D eigenvalue weighted by Crippen LogP contribution is 2.33. The van der Waals surface area contributed by atoms with E-state index in [0.717, 1.165) is 38.4 Å². The van der Waals surface area contributed by atoms with E-state index in [0.29, 0.717) is 0 Å². The maximum Gasteiger partial charge on any atom is 0.146 e. The van der Waals surface area contributed by atoms with Crippen LogP contribution in [0.4, 0.5) is 0 Å². The lowest BCUT2D eigenvalue weighted by atomic mass is 10.1. The molecule has 0 saturated carbocycles. The number of aromatic hydroxyl groups is 1. The molecule has 0 bridgehead atoms. The summed E-state index contributed by atoms with van der Waals surface area (Å²) in [4.78, 5) is 4.82. The molecule has 0 unspecified atom stereocenters. The average Bonchev–Trinajstić information content (AvgIpc) is 2.95. The van der Waals surface area contributed by atoms with Crippen LogP contribution < -0.4 is 0 Å². The third kappa shape index (κ3) is 1.37. The normalized spacial score (nSPS) is 11.8. The Labute approximate surface area is 126 Å². The highest BCUT2D eigenvalue weighted by Gasteiger charge is 2.13. The van der Waals surface area contributed by atoms with Crippen LogP contribution in [0.15, 0.2) is 66.7 Å². The van der Waals surface area contributed by atoms with Crippen molar-refractivity contribution in [3.8, 4) is 5.75 Å². The van der Waals surface area contributed by atoms with Gasteiger partial charge in [0.15, 0.2) is 0 Å². The Morgan fingerprint density at radius 2 is 1.50 bits per heavy atom. The lowest BCUT2D eigenvalue weighted by molar-refractivity contribution is 0.476. The maximum atomic E-state index is 9.90. The summed E-state index contributed by atoms with van der Waals surface area (Å²) in [5, 5.41) is 13.1. The van der Waals surface area contributed by atoms with Gasteiger partial charge in [0.2, 0.25) is 0 Å². The summed E-state index contributed by atoms with van der Waals surface area (Å²) in [6.45, 7) is 0. The van der Waals surface area contributed by atoms with Crippen LogP contribution in [0.5, 0.6) is 5.75 Å². The third-order valence-corrected chi connectivity index (χ3v) is 4.24. The molecule has 2 heterocycles. The Bertz CT molecular complexity index is 1190. The van der Waals surface area contributed by atoms with E-state index in [-0.39, 0.29) is 5.75 Å². The summed E-state index contributed by atoms with van der Waals surface area (Å²) >= 11 is 0. The molecule has 0 fully saturated rings. The molecule has 104 valence electrons. The Kier molecular flexibility index (Phi) is 2.09. The molecule has 0 aliphatic heterocycles. The predicted molar refractivity (Wildman–Crippen MR) is 89.4 cm³/mol. The van der Waals surface area contributed by atoms with Crippen molar-refractivity contribution >= 4 is 38.4 Å². The van der Waals surface area contributed by atoms with E-state index in [1.807, 2.05) is 42.5 Å². The summed E-state index contributed by atoms with van der Waals surface area (Å²) in [5.74, 6) is 0.279. The number of hydrogen-bond acceptors (Lipinski definition) is 2. The molecule has 2 aromatic heterocycles. The first-order chi connectivity index (χ1) is 10.8. The van der Waals surface area contributed by atoms with Crippen molar-refractivity contribution in [1.29, 1.82) is 0 Å². The van der Waals surface area contributed by atoms with E-state index >= 15 is 0 Å². The predicted octanol–water partition coefficient (Wildman–Crippen LogP) is 4.50. The minimum absolute atomic E-state index is 0.279. The zero-order valence-electron chi connectivity index (χ0n) is 11.7. The van der Waals surface area contributed by atoms with E-state index in [1.165, 1.54) is 0 Å². The lowest BCUT2D eigenvalue weighted by Crippen LogP contribution is -1.91. The molecule has 0 aliphatic carbocycles. The van der Waals surface area contributed by atoms with Gasteiger partial charge in [-0.3, -0.25) is 4.40 Å². The van der Waals surface area contributed by atoms with Crippen LogP contribution in [0.3, 0.4) is 0 Å². The molecular weight excluding hydrogens is 272 g/mol. The van der Waals surface area contributed by atoms with Gasteiger partial charge in [-0.1, -0.05) is 36.4 Å². The number of rotatable bonds is 0. The summed E-state index contributed by atoms with van der Waals surface area (Å²) < 4.78 is 2.17. The van der Waals surface area contributed by atoms with Crippen molar-refractivity contribution in [3.63, 3.8) is 0 Å². The number of phenolic OH excluding ortho intramolecular Hbond substituents is 1. The lowest BCUT2D eigenvalue weighted by Gasteiger charge is -2.09. The molecule has 22 heavy (non-hydrogen) atoms. The Morgan fingerprint density at radius 3 is 2.41 bits per heavy atom. The minimum atomic E-state index is 0.279. The first-order valence-corrected chi connectivity index (χ1v) is 7.23. The molecule has 3 aromatic carbocycles. The fourth-order valence-electron chi connectivity index (χ4n) is 3.30. The third-order valence-electron chi connectivity index (χ3n) is 4.24. The van der Waals surface area contributed by atoms with E-state index in [2.05, 4.69) is 22.6 Å². The summed E-state index contributed by atoms with van der Waals surface area (Å²) in [5.41, 5.74) is 4.07. The summed E-state index contributed by atoms with van der Waals surface area (Å²) in [6.07, 6.45) is 0. The van der Waals surface area contributed by atoms with Gasteiger partial charge in [0, 0.05) is 10.8 Å². The number of imidazole rings is 1. The Hall–Kier alpha value is -3.07. The van der Waals surface area contributed by atoms with Crippen LogP contribution in [0, 0.1) is 0 Å². The van der Waals surface area contributed by atoms with Crippen LogP contribution in [-0.2, 0) is 0 Å². The van der Waals surface area contributed by atoms with Crippen molar-refractivity contribution in [2.75, 3.05) is 0 Å². The molecule has 0 saturated heterocycles. The van der Waals surface area contributed by atoms with Gasteiger partial charge in [-0.15, -0.1) is 0 Å². The molecule has 0 spiro atoms. The molecule has 0 atom stereocenters. The van der Waals surface area contributed by atoms with Gasteiger partial charge in [0.05, 0.1) is 16.6 Å². The second-order valence-corrected chi connectivity index (χ2v) is 5.51. The zero-order valence-corrected chi connectivity index (χ0v) is 11.7. The molecule has 3 nitrogen and oxygen atoms in total. The summed E-state index contributed by atoms with van der Waals surface area (Å²) in [6, 6.07) is 21.9. The topological polar surface area (TPSA) is 37.5 Å².